The Morgan fingerprint density at radius 3 is 1.50 bits per heavy atom. The van der Waals surface area contributed by atoms with E-state index in [9.17, 15) is 0 Å². The Balaban J connectivity index is -0.0000000600. The first kappa shape index (κ1) is 12.1. The summed E-state index contributed by atoms with van der Waals surface area (Å²) in [6, 6.07) is 0. The molecule has 0 fully saturated rings. The Kier molecular flexibility index (Phi) is 17.0. The van der Waals surface area contributed by atoms with Crippen molar-refractivity contribution in [2.24, 2.45) is 0 Å². The molecule has 0 heterocycles. The molecule has 0 aliphatic carbocycles. The number of hydrogen-bond acceptors (Lipinski definition) is 2. The van der Waals surface area contributed by atoms with E-state index in [4.69, 9.17) is 10.2 Å². The van der Waals surface area contributed by atoms with Crippen molar-refractivity contribution >= 4 is 45.5 Å². The topological polar surface area (TPSA) is 40.5 Å². The van der Waals surface area contributed by atoms with Gasteiger partial charge in [0.05, 0.1) is 0 Å². The Bertz CT molecular complexity index is 36.8. The van der Waals surface area contributed by atoms with Crippen LogP contribution in [-0.2, 0) is 0 Å². The van der Waals surface area contributed by atoms with E-state index in [1.54, 1.807) is 0 Å². The summed E-state index contributed by atoms with van der Waals surface area (Å²) in [6.45, 7) is 0.500. The largest absolute Gasteiger partial charge is 2.00 e. The van der Waals surface area contributed by atoms with E-state index >= 15 is 0 Å². The molecule has 0 aromatic rings. The van der Waals surface area contributed by atoms with Crippen molar-refractivity contribution < 1.29 is 13.1 Å². The standard InChI is InChI=1S/C5H12O2.Sr.2H/c6-4-2-1-3-5-7;;;/h6-7H,1-5H2;;;/q;+2;2*-1. The van der Waals surface area contributed by atoms with Gasteiger partial charge in [0.1, 0.15) is 0 Å². The fourth-order valence-corrected chi connectivity index (χ4v) is 0.400. The van der Waals surface area contributed by atoms with Crippen LogP contribution in [0.1, 0.15) is 22.1 Å². The van der Waals surface area contributed by atoms with Crippen LogP contribution in [0.4, 0.5) is 0 Å². The van der Waals surface area contributed by atoms with Crippen molar-refractivity contribution in [3.05, 3.63) is 0 Å². The van der Waals surface area contributed by atoms with Gasteiger partial charge in [-0.25, -0.2) is 0 Å². The SMILES string of the molecule is OCCCCCO.[H-].[H-].[Sr+2]. The molecule has 0 unspecified atom stereocenters. The van der Waals surface area contributed by atoms with Crippen LogP contribution in [0.5, 0.6) is 0 Å². The average Bonchev–Trinajstić information content (AvgIpc) is 1.69. The maximum absolute atomic E-state index is 8.21. The molecule has 0 rings (SSSR count). The van der Waals surface area contributed by atoms with E-state index < -0.39 is 0 Å². The summed E-state index contributed by atoms with van der Waals surface area (Å²) in [5.74, 6) is 0. The fraction of sp³-hybridized carbons (Fsp3) is 1.00. The van der Waals surface area contributed by atoms with E-state index in [1.165, 1.54) is 0 Å². The zero-order chi connectivity index (χ0) is 5.54. The molecule has 0 aliphatic rings. The second-order valence-corrected chi connectivity index (χ2v) is 1.51. The fourth-order valence-electron chi connectivity index (χ4n) is 0.400. The molecule has 0 amide bonds. The number of aliphatic hydroxyl groups is 2. The normalized spacial score (nSPS) is 8.25. The second kappa shape index (κ2) is 11.2. The van der Waals surface area contributed by atoms with Gasteiger partial charge in [0.25, 0.3) is 0 Å². The summed E-state index contributed by atoms with van der Waals surface area (Å²) in [5, 5.41) is 16.4. The quantitative estimate of drug-likeness (QED) is 0.487. The first-order chi connectivity index (χ1) is 3.41. The predicted octanol–water partition coefficient (Wildman–Crippen LogP) is -0.0145. The Labute approximate surface area is 90.1 Å². The summed E-state index contributed by atoms with van der Waals surface area (Å²) in [4.78, 5) is 0. The Hall–Kier alpha value is 1.40. The molecule has 2 nitrogen and oxygen atoms in total. The first-order valence-corrected chi connectivity index (χ1v) is 2.63. The summed E-state index contributed by atoms with van der Waals surface area (Å²) in [7, 11) is 0. The zero-order valence-electron chi connectivity index (χ0n) is 7.14. The molecule has 0 atom stereocenters. The predicted molar refractivity (Wildman–Crippen MR) is 36.0 cm³/mol. The molecule has 8 heavy (non-hydrogen) atoms. The van der Waals surface area contributed by atoms with Gasteiger partial charge in [-0.3, -0.25) is 0 Å². The van der Waals surface area contributed by atoms with Crippen LogP contribution in [0.3, 0.4) is 0 Å². The molecular weight excluding hydrogens is 180 g/mol. The summed E-state index contributed by atoms with van der Waals surface area (Å²) >= 11 is 0. The third kappa shape index (κ3) is 10.4. The third-order valence-corrected chi connectivity index (χ3v) is 0.816. The summed E-state index contributed by atoms with van der Waals surface area (Å²) in [5.41, 5.74) is 0. The molecule has 0 spiro atoms. The second-order valence-electron chi connectivity index (χ2n) is 1.51. The molecule has 0 saturated carbocycles. The minimum atomic E-state index is 0. The van der Waals surface area contributed by atoms with Crippen LogP contribution in [0.15, 0.2) is 0 Å². The van der Waals surface area contributed by atoms with E-state index in [0.717, 1.165) is 19.3 Å². The van der Waals surface area contributed by atoms with Crippen molar-refractivity contribution in [1.29, 1.82) is 0 Å². The zero-order valence-corrected chi connectivity index (χ0v) is 8.61. The number of unbranched alkanes of at least 4 members (excludes halogenated alkanes) is 2. The van der Waals surface area contributed by atoms with Crippen LogP contribution in [-0.4, -0.2) is 68.9 Å². The maximum Gasteiger partial charge on any atom is 2.00 e. The van der Waals surface area contributed by atoms with Crippen molar-refractivity contribution in [3.8, 4) is 0 Å². The van der Waals surface area contributed by atoms with Crippen molar-refractivity contribution in [3.63, 3.8) is 0 Å². The van der Waals surface area contributed by atoms with Crippen LogP contribution < -0.4 is 0 Å². The van der Waals surface area contributed by atoms with Crippen LogP contribution >= 0.6 is 0 Å². The van der Waals surface area contributed by atoms with Crippen LogP contribution in [0, 0.1) is 0 Å². The van der Waals surface area contributed by atoms with Gasteiger partial charge in [0.2, 0.25) is 0 Å². The van der Waals surface area contributed by atoms with Gasteiger partial charge in [-0.2, -0.15) is 0 Å². The summed E-state index contributed by atoms with van der Waals surface area (Å²) in [6.07, 6.45) is 2.58. The van der Waals surface area contributed by atoms with Crippen LogP contribution in [0.25, 0.3) is 0 Å². The molecule has 0 radical (unpaired) electrons. The monoisotopic (exact) mass is 194 g/mol. The number of rotatable bonds is 4. The van der Waals surface area contributed by atoms with Crippen molar-refractivity contribution in [2.45, 2.75) is 19.3 Å². The molecular formula is C5H14O2Sr. The van der Waals surface area contributed by atoms with Crippen LogP contribution in [0.2, 0.25) is 0 Å². The Morgan fingerprint density at radius 1 is 0.875 bits per heavy atom. The van der Waals surface area contributed by atoms with Crippen molar-refractivity contribution in [1.82, 2.24) is 0 Å². The molecule has 0 saturated heterocycles. The first-order valence-electron chi connectivity index (χ1n) is 2.63. The maximum atomic E-state index is 8.21. The van der Waals surface area contributed by atoms with Crippen molar-refractivity contribution in [2.75, 3.05) is 13.2 Å². The van der Waals surface area contributed by atoms with Gasteiger partial charge in [-0.05, 0) is 19.3 Å². The van der Waals surface area contributed by atoms with E-state index in [0.29, 0.717) is 0 Å². The third-order valence-electron chi connectivity index (χ3n) is 0.816. The molecule has 0 aromatic carbocycles. The van der Waals surface area contributed by atoms with Gasteiger partial charge in [0, 0.05) is 13.2 Å². The molecule has 0 bridgehead atoms. The number of hydrogen-bond donors (Lipinski definition) is 2. The molecule has 0 aromatic heterocycles. The van der Waals surface area contributed by atoms with Gasteiger partial charge < -0.3 is 13.1 Å². The molecule has 2 N–H and O–H groups in total. The van der Waals surface area contributed by atoms with E-state index in [2.05, 4.69) is 0 Å². The minimum Gasteiger partial charge on any atom is -1.00 e. The smallest absolute Gasteiger partial charge is 1.00 e. The average molecular weight is 194 g/mol. The molecule has 48 valence electrons. The van der Waals surface area contributed by atoms with Gasteiger partial charge in [0.15, 0.2) is 0 Å². The van der Waals surface area contributed by atoms with E-state index in [-0.39, 0.29) is 61.5 Å². The Morgan fingerprint density at radius 2 is 1.25 bits per heavy atom. The molecule has 3 heteroatoms. The minimum absolute atomic E-state index is 0. The van der Waals surface area contributed by atoms with Gasteiger partial charge in [-0.1, -0.05) is 0 Å². The summed E-state index contributed by atoms with van der Waals surface area (Å²) < 4.78 is 0. The number of aliphatic hydroxyl groups excluding tert-OH is 2. The molecule has 0 aliphatic heterocycles. The van der Waals surface area contributed by atoms with E-state index in [1.807, 2.05) is 0 Å². The van der Waals surface area contributed by atoms with Gasteiger partial charge >= 0.3 is 45.5 Å². The van der Waals surface area contributed by atoms with Gasteiger partial charge in [-0.15, -0.1) is 0 Å².